The van der Waals surface area contributed by atoms with Crippen molar-refractivity contribution in [3.05, 3.63) is 251 Å². The first-order valence-electron chi connectivity index (χ1n) is 22.1. The Bertz CT molecular complexity index is 3930. The first-order valence-corrected chi connectivity index (χ1v) is 22.1. The molecule has 0 fully saturated rings. The molecule has 3 aliphatic carbocycles. The van der Waals surface area contributed by atoms with Gasteiger partial charge >= 0.3 is 0 Å². The van der Waals surface area contributed by atoms with Crippen LogP contribution in [0.5, 0.6) is 0 Å². The predicted octanol–water partition coefficient (Wildman–Crippen LogP) is 13.4. The fraction of sp³-hybridized carbons (Fsp3) is 0.0508. The van der Waals surface area contributed by atoms with Gasteiger partial charge in [-0.3, -0.25) is 0 Å². The monoisotopic (exact) mass is 830 g/mol. The van der Waals surface area contributed by atoms with Crippen LogP contribution in [0.2, 0.25) is 0 Å². The maximum Gasteiger partial charge on any atom is 0.231 e. The van der Waals surface area contributed by atoms with Crippen LogP contribution in [0.1, 0.15) is 45.0 Å². The van der Waals surface area contributed by atoms with E-state index in [0.717, 1.165) is 94.6 Å². The first kappa shape index (κ1) is 35.0. The second-order valence-electron chi connectivity index (χ2n) is 17.5. The third-order valence-electron chi connectivity index (χ3n) is 14.8. The van der Waals surface area contributed by atoms with Gasteiger partial charge in [-0.2, -0.15) is 4.98 Å². The van der Waals surface area contributed by atoms with E-state index in [2.05, 4.69) is 164 Å². The summed E-state index contributed by atoms with van der Waals surface area (Å²) in [5, 5.41) is 3.90. The number of aromatic nitrogens is 4. The second-order valence-corrected chi connectivity index (χ2v) is 17.5. The Labute approximate surface area is 372 Å². The molecule has 6 heteroatoms. The van der Waals surface area contributed by atoms with Crippen molar-refractivity contribution in [3.8, 4) is 33.8 Å². The third-order valence-corrected chi connectivity index (χ3v) is 14.8. The van der Waals surface area contributed by atoms with Gasteiger partial charge in [-0.1, -0.05) is 182 Å². The lowest BCUT2D eigenvalue weighted by molar-refractivity contribution is 0.185. The van der Waals surface area contributed by atoms with Crippen LogP contribution in [-0.2, 0) is 16.2 Å². The molecule has 302 valence electrons. The summed E-state index contributed by atoms with van der Waals surface area (Å²) in [5.41, 5.74) is 12.9. The summed E-state index contributed by atoms with van der Waals surface area (Å²) >= 11 is 0. The highest BCUT2D eigenvalue weighted by atomic mass is 16.3. The van der Waals surface area contributed by atoms with Gasteiger partial charge in [0.2, 0.25) is 5.71 Å². The number of rotatable bonds is 5. The summed E-state index contributed by atoms with van der Waals surface area (Å²) in [6, 6.07) is 72.5. The number of furan rings is 2. The minimum atomic E-state index is -0.892. The van der Waals surface area contributed by atoms with Crippen LogP contribution in [-0.4, -0.2) is 19.9 Å². The quantitative estimate of drug-likeness (QED) is 0.172. The minimum absolute atomic E-state index is 0.532. The molecule has 0 N–H and O–H groups in total. The van der Waals surface area contributed by atoms with Crippen LogP contribution >= 0.6 is 0 Å². The fourth-order valence-corrected chi connectivity index (χ4v) is 12.5. The van der Waals surface area contributed by atoms with E-state index in [1.807, 2.05) is 42.5 Å². The maximum absolute atomic E-state index is 6.85. The average Bonchev–Trinajstić information content (AvgIpc) is 3.99. The molecule has 0 saturated carbocycles. The van der Waals surface area contributed by atoms with E-state index < -0.39 is 16.2 Å². The average molecular weight is 831 g/mol. The highest BCUT2D eigenvalue weighted by Crippen LogP contribution is 2.84. The molecule has 65 heavy (non-hydrogen) atoms. The summed E-state index contributed by atoms with van der Waals surface area (Å²) in [4.78, 5) is 23.0. The number of para-hydroxylation sites is 3. The third kappa shape index (κ3) is 4.04. The predicted molar refractivity (Wildman–Crippen MR) is 255 cm³/mol. The van der Waals surface area contributed by atoms with Crippen LogP contribution in [0.4, 0.5) is 0 Å². The largest absolute Gasteiger partial charge is 0.455 e. The van der Waals surface area contributed by atoms with Crippen molar-refractivity contribution in [3.63, 3.8) is 0 Å². The van der Waals surface area contributed by atoms with Gasteiger partial charge in [0.05, 0.1) is 38.7 Å². The van der Waals surface area contributed by atoms with E-state index in [4.69, 9.17) is 28.8 Å². The SMILES string of the molecule is c1ccc(-c2cc(-c3ccccc3)nc(C34c5ccccc5C5(c6nc(-c7cccc8c7oc7ccccc78)c7c(n6)oc6ccccc67)c6ccccc6C35c3ccccc34)n2)cc1. The van der Waals surface area contributed by atoms with Crippen LogP contribution < -0.4 is 0 Å². The highest BCUT2D eigenvalue weighted by Gasteiger charge is 2.86. The Balaban J connectivity index is 1.10. The van der Waals surface area contributed by atoms with Gasteiger partial charge in [0, 0.05) is 32.8 Å². The van der Waals surface area contributed by atoms with Crippen molar-refractivity contribution in [1.29, 1.82) is 0 Å². The molecule has 0 amide bonds. The molecule has 12 aromatic rings. The topological polar surface area (TPSA) is 77.8 Å². The van der Waals surface area contributed by atoms with Gasteiger partial charge < -0.3 is 8.83 Å². The standard InChI is InChI=1S/C59H34N4O2/c1-3-18-35(19-4-1)47-34-48(36-20-5-2-6-21-36)61-55(60-47)57-41-26-9-10-27-42(41)58(44-29-12-14-31-46(44)59(57,58)45-30-13-11-28-43(45)57)56-62-52(51-39-23-8-16-33-50(39)65-54(51)63-56)40-25-17-24-38-37-22-7-15-32-49(37)64-53(38)40/h1-34H. The van der Waals surface area contributed by atoms with E-state index in [1.54, 1.807) is 0 Å². The zero-order chi connectivity index (χ0) is 42.5. The molecule has 4 aromatic heterocycles. The Morgan fingerprint density at radius 1 is 0.354 bits per heavy atom. The summed E-state index contributed by atoms with van der Waals surface area (Å²) in [6.07, 6.45) is 0. The molecule has 3 unspecified atom stereocenters. The lowest BCUT2D eigenvalue weighted by atomic mass is 9.31. The van der Waals surface area contributed by atoms with Crippen LogP contribution in [0, 0.1) is 0 Å². The van der Waals surface area contributed by atoms with E-state index >= 15 is 0 Å². The molecule has 0 bridgehead atoms. The lowest BCUT2D eigenvalue weighted by Gasteiger charge is -2.68. The molecule has 4 heterocycles. The molecule has 1 spiro atoms. The molecule has 0 radical (unpaired) electrons. The van der Waals surface area contributed by atoms with Gasteiger partial charge in [0.1, 0.15) is 28.4 Å². The first-order chi connectivity index (χ1) is 32.2. The molecule has 0 aliphatic heterocycles. The number of fused-ring (bicyclic) bond motifs is 13. The Morgan fingerprint density at radius 2 is 0.815 bits per heavy atom. The van der Waals surface area contributed by atoms with E-state index in [-0.39, 0.29) is 0 Å². The van der Waals surface area contributed by atoms with Gasteiger partial charge in [-0.15, -0.1) is 0 Å². The number of benzene rings is 8. The second kappa shape index (κ2) is 12.4. The maximum atomic E-state index is 6.85. The number of hydrogen-bond donors (Lipinski definition) is 0. The molecule has 3 aliphatic rings. The van der Waals surface area contributed by atoms with Gasteiger partial charge in [0.15, 0.2) is 0 Å². The zero-order valence-electron chi connectivity index (χ0n) is 34.7. The summed E-state index contributed by atoms with van der Waals surface area (Å²) in [5.74, 6) is 1.41. The summed E-state index contributed by atoms with van der Waals surface area (Å²) < 4.78 is 13.6. The molecule has 3 atom stereocenters. The van der Waals surface area contributed by atoms with Crippen LogP contribution in [0.3, 0.4) is 0 Å². The van der Waals surface area contributed by atoms with Crippen LogP contribution in [0.25, 0.3) is 77.8 Å². The molecule has 15 rings (SSSR count). The summed E-state index contributed by atoms with van der Waals surface area (Å²) in [7, 11) is 0. The van der Waals surface area contributed by atoms with E-state index in [1.165, 1.54) is 16.7 Å². The van der Waals surface area contributed by atoms with E-state index in [9.17, 15) is 0 Å². The Kier molecular flexibility index (Phi) is 6.67. The van der Waals surface area contributed by atoms with Gasteiger partial charge in [-0.05, 0) is 57.6 Å². The van der Waals surface area contributed by atoms with Crippen molar-refractivity contribution < 1.29 is 8.83 Å². The highest BCUT2D eigenvalue weighted by molar-refractivity contribution is 6.15. The van der Waals surface area contributed by atoms with Gasteiger partial charge in [0.25, 0.3) is 0 Å². The Hall–Kier alpha value is -8.48. The normalized spacial score (nSPS) is 19.9. The Morgan fingerprint density at radius 3 is 1.42 bits per heavy atom. The smallest absolute Gasteiger partial charge is 0.231 e. The van der Waals surface area contributed by atoms with Crippen molar-refractivity contribution in [2.24, 2.45) is 0 Å². The van der Waals surface area contributed by atoms with Crippen molar-refractivity contribution in [2.45, 2.75) is 16.2 Å². The summed E-state index contributed by atoms with van der Waals surface area (Å²) in [6.45, 7) is 0. The number of hydrogen-bond acceptors (Lipinski definition) is 6. The van der Waals surface area contributed by atoms with Crippen molar-refractivity contribution in [1.82, 2.24) is 19.9 Å². The molecule has 6 nitrogen and oxygen atoms in total. The minimum Gasteiger partial charge on any atom is -0.455 e. The number of nitrogens with zero attached hydrogens (tertiary/aromatic N) is 4. The lowest BCUT2D eigenvalue weighted by Crippen LogP contribution is -2.72. The molecule has 8 aromatic carbocycles. The van der Waals surface area contributed by atoms with E-state index in [0.29, 0.717) is 11.5 Å². The van der Waals surface area contributed by atoms with Crippen LogP contribution in [0.15, 0.2) is 215 Å². The van der Waals surface area contributed by atoms with Gasteiger partial charge in [-0.25, -0.2) is 15.0 Å². The fourth-order valence-electron chi connectivity index (χ4n) is 12.5. The van der Waals surface area contributed by atoms with Crippen molar-refractivity contribution >= 4 is 44.0 Å². The molecular formula is C59H34N4O2. The molecule has 0 saturated heterocycles. The molecular weight excluding hydrogens is 797 g/mol. The zero-order valence-corrected chi connectivity index (χ0v) is 34.7. The van der Waals surface area contributed by atoms with Crippen molar-refractivity contribution in [2.75, 3.05) is 0 Å².